The summed E-state index contributed by atoms with van der Waals surface area (Å²) < 4.78 is 0. The minimum atomic E-state index is 0.665. The molecule has 2 N–H and O–H groups in total. The van der Waals surface area contributed by atoms with Gasteiger partial charge in [0, 0.05) is 23.9 Å². The lowest BCUT2D eigenvalue weighted by Gasteiger charge is -2.19. The molecule has 0 amide bonds. The molecule has 118 valence electrons. The number of nitrogens with two attached hydrogens (primary N) is 1. The lowest BCUT2D eigenvalue weighted by atomic mass is 10.1. The Balaban J connectivity index is 1.71. The number of likely N-dealkylation sites (tertiary alicyclic amines) is 1. The van der Waals surface area contributed by atoms with Gasteiger partial charge in [-0.25, -0.2) is 4.98 Å². The van der Waals surface area contributed by atoms with Gasteiger partial charge in [0.25, 0.3) is 0 Å². The lowest BCUT2D eigenvalue weighted by Crippen LogP contribution is -2.23. The van der Waals surface area contributed by atoms with E-state index in [1.54, 1.807) is 11.3 Å². The van der Waals surface area contributed by atoms with E-state index in [1.165, 1.54) is 49.9 Å². The number of rotatable bonds is 5. The van der Waals surface area contributed by atoms with Gasteiger partial charge in [0.2, 0.25) is 0 Å². The SMILES string of the molecule is NCCc1csc(-c2cccc(CN3CCCCCC3)c2)n1. The van der Waals surface area contributed by atoms with Crippen LogP contribution in [0, 0.1) is 0 Å². The maximum Gasteiger partial charge on any atom is 0.123 e. The minimum absolute atomic E-state index is 0.665. The standard InChI is InChI=1S/C18H25N3S/c19-9-8-17-14-22-18(20-17)16-7-5-6-15(12-16)13-21-10-3-1-2-4-11-21/h5-7,12,14H,1-4,8-11,13,19H2. The molecule has 22 heavy (non-hydrogen) atoms. The molecule has 1 saturated heterocycles. The normalized spacial score (nSPS) is 16.6. The molecule has 1 aliphatic rings. The molecule has 0 radical (unpaired) electrons. The predicted octanol–water partition coefficient (Wildman–Crippen LogP) is 3.69. The first-order valence-corrected chi connectivity index (χ1v) is 9.19. The Kier molecular flexibility index (Phi) is 5.59. The van der Waals surface area contributed by atoms with Gasteiger partial charge in [-0.2, -0.15) is 0 Å². The first kappa shape index (κ1) is 15.7. The maximum atomic E-state index is 5.61. The summed E-state index contributed by atoms with van der Waals surface area (Å²) in [6.45, 7) is 4.21. The average Bonchev–Trinajstić information content (AvgIpc) is 2.85. The van der Waals surface area contributed by atoms with E-state index in [9.17, 15) is 0 Å². The summed E-state index contributed by atoms with van der Waals surface area (Å²) in [4.78, 5) is 7.29. The zero-order chi connectivity index (χ0) is 15.2. The van der Waals surface area contributed by atoms with E-state index >= 15 is 0 Å². The van der Waals surface area contributed by atoms with Crippen LogP contribution in [0.25, 0.3) is 10.6 Å². The van der Waals surface area contributed by atoms with Crippen LogP contribution in [0.2, 0.25) is 0 Å². The lowest BCUT2D eigenvalue weighted by molar-refractivity contribution is 0.277. The molecule has 1 aromatic carbocycles. The number of aromatic nitrogens is 1. The largest absolute Gasteiger partial charge is 0.330 e. The van der Waals surface area contributed by atoms with Crippen molar-refractivity contribution in [1.29, 1.82) is 0 Å². The highest BCUT2D eigenvalue weighted by atomic mass is 32.1. The zero-order valence-electron chi connectivity index (χ0n) is 13.1. The van der Waals surface area contributed by atoms with Gasteiger partial charge in [0.05, 0.1) is 5.69 Å². The van der Waals surface area contributed by atoms with Crippen molar-refractivity contribution in [3.8, 4) is 10.6 Å². The average molecular weight is 315 g/mol. The van der Waals surface area contributed by atoms with Crippen molar-refractivity contribution in [3.05, 3.63) is 40.9 Å². The van der Waals surface area contributed by atoms with Crippen LogP contribution in [-0.4, -0.2) is 29.5 Å². The van der Waals surface area contributed by atoms with Crippen molar-refractivity contribution < 1.29 is 0 Å². The molecular weight excluding hydrogens is 290 g/mol. The van der Waals surface area contributed by atoms with E-state index < -0.39 is 0 Å². The summed E-state index contributed by atoms with van der Waals surface area (Å²) in [6.07, 6.45) is 6.33. The Hall–Kier alpha value is -1.23. The molecule has 3 rings (SSSR count). The molecule has 4 heteroatoms. The monoisotopic (exact) mass is 315 g/mol. The highest BCUT2D eigenvalue weighted by Crippen LogP contribution is 2.25. The molecular formula is C18H25N3S. The van der Waals surface area contributed by atoms with Crippen molar-refractivity contribution >= 4 is 11.3 Å². The first-order chi connectivity index (χ1) is 10.8. The van der Waals surface area contributed by atoms with Crippen LogP contribution in [0.3, 0.4) is 0 Å². The molecule has 1 fully saturated rings. The molecule has 0 saturated carbocycles. The molecule has 0 atom stereocenters. The van der Waals surface area contributed by atoms with E-state index in [0.717, 1.165) is 23.7 Å². The summed E-state index contributed by atoms with van der Waals surface area (Å²) >= 11 is 1.72. The van der Waals surface area contributed by atoms with E-state index in [4.69, 9.17) is 10.7 Å². The topological polar surface area (TPSA) is 42.1 Å². The number of thiazole rings is 1. The number of benzene rings is 1. The summed E-state index contributed by atoms with van der Waals surface area (Å²) in [5.41, 5.74) is 9.35. The smallest absolute Gasteiger partial charge is 0.123 e. The molecule has 3 nitrogen and oxygen atoms in total. The first-order valence-electron chi connectivity index (χ1n) is 8.31. The third kappa shape index (κ3) is 4.15. The second-order valence-electron chi connectivity index (χ2n) is 6.07. The Bertz CT molecular complexity index is 586. The van der Waals surface area contributed by atoms with E-state index in [0.29, 0.717) is 6.54 Å². The Labute approximate surface area is 137 Å². The highest BCUT2D eigenvalue weighted by molar-refractivity contribution is 7.13. The fraction of sp³-hybridized carbons (Fsp3) is 0.500. The molecule has 0 spiro atoms. The molecule has 2 heterocycles. The molecule has 0 unspecified atom stereocenters. The van der Waals surface area contributed by atoms with Crippen LogP contribution in [0.4, 0.5) is 0 Å². The third-order valence-electron chi connectivity index (χ3n) is 4.23. The van der Waals surface area contributed by atoms with E-state index in [1.807, 2.05) is 0 Å². The Morgan fingerprint density at radius 2 is 1.95 bits per heavy atom. The molecule has 1 aliphatic heterocycles. The van der Waals surface area contributed by atoms with Gasteiger partial charge < -0.3 is 5.73 Å². The summed E-state index contributed by atoms with van der Waals surface area (Å²) in [5.74, 6) is 0. The summed E-state index contributed by atoms with van der Waals surface area (Å²) in [6, 6.07) is 8.86. The van der Waals surface area contributed by atoms with Gasteiger partial charge in [-0.05, 0) is 44.1 Å². The van der Waals surface area contributed by atoms with Crippen LogP contribution < -0.4 is 5.73 Å². The second-order valence-corrected chi connectivity index (χ2v) is 6.93. The highest BCUT2D eigenvalue weighted by Gasteiger charge is 2.10. The van der Waals surface area contributed by atoms with E-state index in [-0.39, 0.29) is 0 Å². The predicted molar refractivity (Wildman–Crippen MR) is 94.1 cm³/mol. The number of hydrogen-bond acceptors (Lipinski definition) is 4. The molecule has 1 aromatic heterocycles. The maximum absolute atomic E-state index is 5.61. The summed E-state index contributed by atoms with van der Waals surface area (Å²) in [5, 5.41) is 3.24. The second kappa shape index (κ2) is 7.86. The molecule has 0 bridgehead atoms. The van der Waals surface area contributed by atoms with Crippen LogP contribution in [-0.2, 0) is 13.0 Å². The van der Waals surface area contributed by atoms with Gasteiger partial charge in [-0.3, -0.25) is 4.90 Å². The van der Waals surface area contributed by atoms with Crippen molar-refractivity contribution in [2.45, 2.75) is 38.6 Å². The fourth-order valence-corrected chi connectivity index (χ4v) is 3.91. The van der Waals surface area contributed by atoms with Gasteiger partial charge in [0.1, 0.15) is 5.01 Å². The number of hydrogen-bond donors (Lipinski definition) is 1. The summed E-state index contributed by atoms with van der Waals surface area (Å²) in [7, 11) is 0. The zero-order valence-corrected chi connectivity index (χ0v) is 13.9. The van der Waals surface area contributed by atoms with Gasteiger partial charge >= 0.3 is 0 Å². The van der Waals surface area contributed by atoms with Crippen molar-refractivity contribution in [3.63, 3.8) is 0 Å². The van der Waals surface area contributed by atoms with Gasteiger partial charge in [-0.1, -0.05) is 31.0 Å². The number of nitrogens with zero attached hydrogens (tertiary/aromatic N) is 2. The van der Waals surface area contributed by atoms with Crippen molar-refractivity contribution in [2.75, 3.05) is 19.6 Å². The van der Waals surface area contributed by atoms with Crippen LogP contribution in [0.1, 0.15) is 36.9 Å². The van der Waals surface area contributed by atoms with Crippen LogP contribution in [0.5, 0.6) is 0 Å². The minimum Gasteiger partial charge on any atom is -0.330 e. The van der Waals surface area contributed by atoms with Crippen molar-refractivity contribution in [1.82, 2.24) is 9.88 Å². The van der Waals surface area contributed by atoms with Crippen LogP contribution in [0.15, 0.2) is 29.6 Å². The third-order valence-corrected chi connectivity index (χ3v) is 5.17. The Morgan fingerprint density at radius 1 is 1.14 bits per heavy atom. The molecule has 0 aliphatic carbocycles. The quantitative estimate of drug-likeness (QED) is 0.915. The van der Waals surface area contributed by atoms with Gasteiger partial charge in [0.15, 0.2) is 0 Å². The van der Waals surface area contributed by atoms with Crippen molar-refractivity contribution in [2.24, 2.45) is 5.73 Å². The van der Waals surface area contributed by atoms with Crippen LogP contribution >= 0.6 is 11.3 Å². The molecule has 2 aromatic rings. The Morgan fingerprint density at radius 3 is 2.73 bits per heavy atom. The van der Waals surface area contributed by atoms with E-state index in [2.05, 4.69) is 34.5 Å². The van der Waals surface area contributed by atoms with Gasteiger partial charge in [-0.15, -0.1) is 11.3 Å². The fourth-order valence-electron chi connectivity index (χ4n) is 3.06.